The molecule has 1 N–H and O–H groups in total. The largest absolute Gasteiger partial charge is 0.496 e. The molecule has 5 nitrogen and oxygen atoms in total. The fourth-order valence-electron chi connectivity index (χ4n) is 5.59. The van der Waals surface area contributed by atoms with E-state index >= 15 is 0 Å². The van der Waals surface area contributed by atoms with E-state index in [1.807, 2.05) is 31.2 Å². The first-order chi connectivity index (χ1) is 15.7. The molecule has 1 saturated heterocycles. The summed E-state index contributed by atoms with van der Waals surface area (Å²) in [5.41, 5.74) is 4.96. The van der Waals surface area contributed by atoms with Gasteiger partial charge in [-0.2, -0.15) is 0 Å². The van der Waals surface area contributed by atoms with Gasteiger partial charge in [0.15, 0.2) is 0 Å². The second kappa shape index (κ2) is 7.26. The number of nitrogens with zero attached hydrogens (tertiary/aromatic N) is 1. The molecular formula is C27H27NO4. The maximum Gasteiger partial charge on any atom is 0.138 e. The highest BCUT2D eigenvalue weighted by atomic mass is 16.5. The zero-order valence-corrected chi connectivity index (χ0v) is 18.5. The fourth-order valence-corrected chi connectivity index (χ4v) is 5.59. The molecule has 3 aliphatic rings. The van der Waals surface area contributed by atoms with Crippen LogP contribution in [0.3, 0.4) is 0 Å². The van der Waals surface area contributed by atoms with Gasteiger partial charge in [-0.25, -0.2) is 0 Å². The Labute approximate surface area is 187 Å². The molecule has 32 heavy (non-hydrogen) atoms. The lowest BCUT2D eigenvalue weighted by Crippen LogP contribution is -2.36. The quantitative estimate of drug-likeness (QED) is 0.655. The second-order valence-corrected chi connectivity index (χ2v) is 8.63. The average molecular weight is 430 g/mol. The highest BCUT2D eigenvalue weighted by Gasteiger charge is 2.45. The molecule has 3 aromatic carbocycles. The maximum absolute atomic E-state index is 12.1. The highest BCUT2D eigenvalue weighted by Crippen LogP contribution is 2.58. The predicted octanol–water partition coefficient (Wildman–Crippen LogP) is 4.68. The molecular weight excluding hydrogens is 402 g/mol. The average Bonchev–Trinajstić information content (AvgIpc) is 3.13. The number of morpholine rings is 1. The van der Waals surface area contributed by atoms with E-state index in [-0.39, 0.29) is 0 Å². The van der Waals surface area contributed by atoms with Crippen LogP contribution in [-0.4, -0.2) is 45.1 Å². The van der Waals surface area contributed by atoms with E-state index in [2.05, 4.69) is 29.2 Å². The van der Waals surface area contributed by atoms with E-state index in [0.717, 1.165) is 76.4 Å². The minimum atomic E-state index is -1.10. The highest BCUT2D eigenvalue weighted by molar-refractivity contribution is 6.09. The zero-order valence-electron chi connectivity index (χ0n) is 18.5. The van der Waals surface area contributed by atoms with Crippen molar-refractivity contribution < 1.29 is 19.3 Å². The molecule has 1 aliphatic carbocycles. The Morgan fingerprint density at radius 2 is 1.88 bits per heavy atom. The van der Waals surface area contributed by atoms with E-state index in [1.54, 1.807) is 7.11 Å². The van der Waals surface area contributed by atoms with Crippen molar-refractivity contribution in [1.29, 1.82) is 0 Å². The van der Waals surface area contributed by atoms with Crippen molar-refractivity contribution in [2.75, 3.05) is 44.9 Å². The van der Waals surface area contributed by atoms with Crippen LogP contribution >= 0.6 is 0 Å². The number of aliphatic hydroxyl groups is 1. The Bertz CT molecular complexity index is 1260. The van der Waals surface area contributed by atoms with E-state index in [0.29, 0.717) is 13.0 Å². The molecule has 0 amide bonds. The van der Waals surface area contributed by atoms with Gasteiger partial charge >= 0.3 is 0 Å². The van der Waals surface area contributed by atoms with Crippen LogP contribution < -0.4 is 9.64 Å². The third-order valence-corrected chi connectivity index (χ3v) is 7.15. The zero-order chi connectivity index (χ0) is 21.9. The summed E-state index contributed by atoms with van der Waals surface area (Å²) in [5.74, 6) is 1.56. The van der Waals surface area contributed by atoms with Crippen molar-refractivity contribution >= 4 is 22.2 Å². The SMILES string of the molecule is CCC1(O)c2ccccc2-c2c1c1c(c3ccc(N4CCOCC4)cc23)OCC=C1OC. The number of hydrogen-bond donors (Lipinski definition) is 1. The summed E-state index contributed by atoms with van der Waals surface area (Å²) >= 11 is 0. The van der Waals surface area contributed by atoms with Gasteiger partial charge in [-0.1, -0.05) is 31.2 Å². The van der Waals surface area contributed by atoms with Crippen molar-refractivity contribution in [3.8, 4) is 16.9 Å². The number of benzene rings is 3. The van der Waals surface area contributed by atoms with E-state index in [4.69, 9.17) is 14.2 Å². The lowest BCUT2D eigenvalue weighted by Gasteiger charge is -2.31. The normalized spacial score (nSPS) is 21.5. The van der Waals surface area contributed by atoms with Crippen LogP contribution in [-0.2, 0) is 15.1 Å². The molecule has 164 valence electrons. The molecule has 0 saturated carbocycles. The molecule has 0 spiro atoms. The Balaban J connectivity index is 1.73. The van der Waals surface area contributed by atoms with Crippen molar-refractivity contribution in [2.24, 2.45) is 0 Å². The molecule has 1 fully saturated rings. The van der Waals surface area contributed by atoms with Crippen molar-refractivity contribution in [3.63, 3.8) is 0 Å². The number of methoxy groups -OCH3 is 1. The Hall–Kier alpha value is -3.02. The van der Waals surface area contributed by atoms with Gasteiger partial charge in [0.25, 0.3) is 0 Å². The van der Waals surface area contributed by atoms with Crippen LogP contribution in [0.2, 0.25) is 0 Å². The van der Waals surface area contributed by atoms with Gasteiger partial charge in [-0.05, 0) is 52.8 Å². The fraction of sp³-hybridized carbons (Fsp3) is 0.333. The second-order valence-electron chi connectivity index (χ2n) is 8.63. The first-order valence-corrected chi connectivity index (χ1v) is 11.3. The van der Waals surface area contributed by atoms with Crippen LogP contribution in [0.4, 0.5) is 5.69 Å². The van der Waals surface area contributed by atoms with E-state index in [9.17, 15) is 5.11 Å². The Morgan fingerprint density at radius 3 is 2.66 bits per heavy atom. The Morgan fingerprint density at radius 1 is 1.06 bits per heavy atom. The van der Waals surface area contributed by atoms with Crippen LogP contribution in [0.1, 0.15) is 30.0 Å². The predicted molar refractivity (Wildman–Crippen MR) is 126 cm³/mol. The van der Waals surface area contributed by atoms with Crippen molar-refractivity contribution in [3.05, 3.63) is 65.2 Å². The lowest BCUT2D eigenvalue weighted by molar-refractivity contribution is 0.0804. The standard InChI is InChI=1S/C27H27NO4/c1-3-27(29)21-7-5-4-6-19(21)23-20-16-17(28-11-14-31-15-12-28)8-9-18(20)26-24(25(23)27)22(30-2)10-13-32-26/h4-10,16,29H,3,11-15H2,1-2H3. The van der Waals surface area contributed by atoms with Crippen LogP contribution in [0, 0.1) is 0 Å². The van der Waals surface area contributed by atoms with Gasteiger partial charge in [-0.3, -0.25) is 0 Å². The monoisotopic (exact) mass is 429 g/mol. The summed E-state index contributed by atoms with van der Waals surface area (Å²) in [5, 5.41) is 14.2. The minimum absolute atomic E-state index is 0.451. The van der Waals surface area contributed by atoms with Crippen molar-refractivity contribution in [2.45, 2.75) is 18.9 Å². The number of fused-ring (bicyclic) bond motifs is 8. The summed E-state index contributed by atoms with van der Waals surface area (Å²) in [7, 11) is 1.69. The molecule has 6 rings (SSSR count). The van der Waals surface area contributed by atoms with Crippen LogP contribution in [0.25, 0.3) is 27.7 Å². The Kier molecular flexibility index (Phi) is 4.46. The van der Waals surface area contributed by atoms with Crippen LogP contribution in [0.15, 0.2) is 48.5 Å². The summed E-state index contributed by atoms with van der Waals surface area (Å²) < 4.78 is 17.6. The third kappa shape index (κ3) is 2.58. The molecule has 2 heterocycles. The summed E-state index contributed by atoms with van der Waals surface area (Å²) in [4.78, 5) is 2.36. The van der Waals surface area contributed by atoms with Crippen molar-refractivity contribution in [1.82, 2.24) is 0 Å². The first kappa shape index (κ1) is 19.6. The van der Waals surface area contributed by atoms with Gasteiger partial charge in [0, 0.05) is 29.7 Å². The number of rotatable bonds is 3. The third-order valence-electron chi connectivity index (χ3n) is 7.15. The topological polar surface area (TPSA) is 51.2 Å². The van der Waals surface area contributed by atoms with Gasteiger partial charge in [0.1, 0.15) is 23.7 Å². The van der Waals surface area contributed by atoms with E-state index < -0.39 is 5.60 Å². The summed E-state index contributed by atoms with van der Waals surface area (Å²) in [6, 6.07) is 14.8. The van der Waals surface area contributed by atoms with Crippen LogP contribution in [0.5, 0.6) is 5.75 Å². The van der Waals surface area contributed by atoms with Gasteiger partial charge in [0.05, 0.1) is 25.9 Å². The smallest absolute Gasteiger partial charge is 0.138 e. The molecule has 2 aliphatic heterocycles. The van der Waals surface area contributed by atoms with Gasteiger partial charge in [-0.15, -0.1) is 0 Å². The molecule has 0 aromatic heterocycles. The minimum Gasteiger partial charge on any atom is -0.496 e. The van der Waals surface area contributed by atoms with Gasteiger partial charge < -0.3 is 24.2 Å². The number of anilines is 1. The number of hydrogen-bond acceptors (Lipinski definition) is 5. The molecule has 1 atom stereocenters. The lowest BCUT2D eigenvalue weighted by atomic mass is 9.83. The number of ether oxygens (including phenoxy) is 3. The molecule has 0 radical (unpaired) electrons. The molecule has 0 bridgehead atoms. The van der Waals surface area contributed by atoms with E-state index in [1.165, 1.54) is 5.69 Å². The first-order valence-electron chi connectivity index (χ1n) is 11.3. The van der Waals surface area contributed by atoms with Gasteiger partial charge in [0.2, 0.25) is 0 Å². The molecule has 1 unspecified atom stereocenters. The maximum atomic E-state index is 12.1. The summed E-state index contributed by atoms with van der Waals surface area (Å²) in [6.07, 6.45) is 2.52. The molecule has 3 aromatic rings. The summed E-state index contributed by atoms with van der Waals surface area (Å²) in [6.45, 7) is 5.72. The molecule has 5 heteroatoms.